The molecule has 0 aromatic carbocycles. The summed E-state index contributed by atoms with van der Waals surface area (Å²) in [5, 5.41) is 3.56. The molecule has 1 atom stereocenters. The predicted octanol–water partition coefficient (Wildman–Crippen LogP) is 3.45. The van der Waals surface area contributed by atoms with E-state index in [1.165, 1.54) is 0 Å². The lowest BCUT2D eigenvalue weighted by atomic mass is 9.81. The summed E-state index contributed by atoms with van der Waals surface area (Å²) in [5.74, 6) is 3.31. The Bertz CT molecular complexity index is 225. The Labute approximate surface area is 96.0 Å². The van der Waals surface area contributed by atoms with E-state index in [0.29, 0.717) is 11.3 Å². The van der Waals surface area contributed by atoms with Crippen molar-refractivity contribution in [1.82, 2.24) is 5.32 Å². The van der Waals surface area contributed by atoms with E-state index in [0.717, 1.165) is 6.42 Å². The van der Waals surface area contributed by atoms with Crippen LogP contribution in [0.5, 0.6) is 0 Å². The lowest BCUT2D eigenvalue weighted by Gasteiger charge is -2.36. The summed E-state index contributed by atoms with van der Waals surface area (Å²) in [4.78, 5) is 0. The molecule has 0 saturated heterocycles. The smallest absolute Gasteiger partial charge is 0.0714 e. The number of hydrogen-bond acceptors (Lipinski definition) is 1. The van der Waals surface area contributed by atoms with Crippen molar-refractivity contribution in [3.8, 4) is 12.3 Å². The summed E-state index contributed by atoms with van der Waals surface area (Å²) >= 11 is 0. The topological polar surface area (TPSA) is 12.0 Å². The van der Waals surface area contributed by atoms with Crippen LogP contribution in [0.15, 0.2) is 0 Å². The van der Waals surface area contributed by atoms with Crippen molar-refractivity contribution in [2.45, 2.75) is 66.5 Å². The average Bonchev–Trinajstić information content (AvgIpc) is 1.94. The maximum Gasteiger partial charge on any atom is 0.0714 e. The van der Waals surface area contributed by atoms with E-state index < -0.39 is 0 Å². The Morgan fingerprint density at radius 1 is 1.13 bits per heavy atom. The van der Waals surface area contributed by atoms with Crippen LogP contribution in [-0.2, 0) is 0 Å². The van der Waals surface area contributed by atoms with Crippen molar-refractivity contribution in [3.05, 3.63) is 0 Å². The van der Waals surface area contributed by atoms with Crippen LogP contribution in [0, 0.1) is 23.7 Å². The molecule has 0 fully saturated rings. The highest BCUT2D eigenvalue weighted by Crippen LogP contribution is 2.27. The molecule has 0 aliphatic carbocycles. The van der Waals surface area contributed by atoms with E-state index in [4.69, 9.17) is 6.42 Å². The van der Waals surface area contributed by atoms with Crippen molar-refractivity contribution in [1.29, 1.82) is 0 Å². The molecule has 0 rings (SSSR count). The third kappa shape index (κ3) is 6.57. The Kier molecular flexibility index (Phi) is 4.87. The van der Waals surface area contributed by atoms with Gasteiger partial charge in [-0.25, -0.2) is 0 Å². The molecule has 0 radical (unpaired) electrons. The second-order valence-corrected chi connectivity index (χ2v) is 6.65. The van der Waals surface area contributed by atoms with Crippen LogP contribution < -0.4 is 5.32 Å². The van der Waals surface area contributed by atoms with Gasteiger partial charge in [-0.15, -0.1) is 6.42 Å². The highest BCUT2D eigenvalue weighted by Gasteiger charge is 2.27. The first-order chi connectivity index (χ1) is 6.57. The SMILES string of the molecule is C#C[C@@H](NC(C)(C)CC(C)(C)C)C(C)C. The van der Waals surface area contributed by atoms with Crippen LogP contribution in [-0.4, -0.2) is 11.6 Å². The minimum atomic E-state index is 0.0968. The minimum Gasteiger partial charge on any atom is -0.298 e. The third-order valence-corrected chi connectivity index (χ3v) is 2.36. The average molecular weight is 209 g/mol. The molecule has 1 heteroatoms. The van der Waals surface area contributed by atoms with Gasteiger partial charge in [0.1, 0.15) is 0 Å². The first-order valence-corrected chi connectivity index (χ1v) is 5.81. The van der Waals surface area contributed by atoms with E-state index in [9.17, 15) is 0 Å². The Balaban J connectivity index is 4.43. The van der Waals surface area contributed by atoms with Gasteiger partial charge in [0.15, 0.2) is 0 Å². The van der Waals surface area contributed by atoms with Gasteiger partial charge in [0.25, 0.3) is 0 Å². The Morgan fingerprint density at radius 3 is 1.87 bits per heavy atom. The molecule has 1 nitrogen and oxygen atoms in total. The number of terminal acetylenes is 1. The van der Waals surface area contributed by atoms with Gasteiger partial charge in [-0.2, -0.15) is 0 Å². The van der Waals surface area contributed by atoms with E-state index >= 15 is 0 Å². The zero-order valence-electron chi connectivity index (χ0n) is 11.4. The van der Waals surface area contributed by atoms with Crippen molar-refractivity contribution in [3.63, 3.8) is 0 Å². The summed E-state index contributed by atoms with van der Waals surface area (Å²) in [6, 6.07) is 0.169. The zero-order chi connectivity index (χ0) is 12.3. The predicted molar refractivity (Wildman–Crippen MR) is 68.7 cm³/mol. The largest absolute Gasteiger partial charge is 0.298 e. The maximum atomic E-state index is 5.53. The normalized spacial score (nSPS) is 15.1. The summed E-state index contributed by atoms with van der Waals surface area (Å²) in [6.07, 6.45) is 6.65. The van der Waals surface area contributed by atoms with E-state index in [-0.39, 0.29) is 11.6 Å². The second kappa shape index (κ2) is 5.03. The van der Waals surface area contributed by atoms with Gasteiger partial charge < -0.3 is 0 Å². The molecule has 0 saturated carbocycles. The molecule has 1 N–H and O–H groups in total. The molecule has 0 aliphatic heterocycles. The Morgan fingerprint density at radius 2 is 1.60 bits per heavy atom. The highest BCUT2D eigenvalue weighted by atomic mass is 15.0. The van der Waals surface area contributed by atoms with Gasteiger partial charge in [0, 0.05) is 5.54 Å². The van der Waals surface area contributed by atoms with Crippen molar-refractivity contribution in [2.75, 3.05) is 0 Å². The summed E-state index contributed by atoms with van der Waals surface area (Å²) < 4.78 is 0. The lowest BCUT2D eigenvalue weighted by molar-refractivity contribution is 0.221. The maximum absolute atomic E-state index is 5.53. The van der Waals surface area contributed by atoms with Gasteiger partial charge in [-0.3, -0.25) is 5.32 Å². The fraction of sp³-hybridized carbons (Fsp3) is 0.857. The second-order valence-electron chi connectivity index (χ2n) is 6.65. The molecular weight excluding hydrogens is 182 g/mol. The third-order valence-electron chi connectivity index (χ3n) is 2.36. The van der Waals surface area contributed by atoms with Crippen LogP contribution in [0.3, 0.4) is 0 Å². The molecule has 0 aliphatic rings. The standard InChI is InChI=1S/C14H27N/c1-9-12(11(2)3)15-14(7,8)10-13(4,5)6/h1,11-12,15H,10H2,2-8H3/t12-/m1/s1. The van der Waals surface area contributed by atoms with Crippen LogP contribution in [0.2, 0.25) is 0 Å². The van der Waals surface area contributed by atoms with Crippen LogP contribution in [0.25, 0.3) is 0 Å². The monoisotopic (exact) mass is 209 g/mol. The van der Waals surface area contributed by atoms with E-state index in [1.807, 2.05) is 0 Å². The molecular formula is C14H27N. The molecule has 0 unspecified atom stereocenters. The molecule has 0 aromatic rings. The summed E-state index contributed by atoms with van der Waals surface area (Å²) in [6.45, 7) is 15.6. The lowest BCUT2D eigenvalue weighted by Crippen LogP contribution is -2.49. The van der Waals surface area contributed by atoms with Gasteiger partial charge in [-0.1, -0.05) is 40.5 Å². The quantitative estimate of drug-likeness (QED) is 0.699. The summed E-state index contributed by atoms with van der Waals surface area (Å²) in [7, 11) is 0. The summed E-state index contributed by atoms with van der Waals surface area (Å²) in [5.41, 5.74) is 0.423. The first-order valence-electron chi connectivity index (χ1n) is 5.81. The fourth-order valence-electron chi connectivity index (χ4n) is 2.20. The van der Waals surface area contributed by atoms with Crippen molar-refractivity contribution < 1.29 is 0 Å². The van der Waals surface area contributed by atoms with Gasteiger partial charge in [-0.05, 0) is 31.6 Å². The molecule has 0 bridgehead atoms. The zero-order valence-corrected chi connectivity index (χ0v) is 11.4. The molecule has 0 amide bonds. The van der Waals surface area contributed by atoms with Crippen molar-refractivity contribution >= 4 is 0 Å². The number of hydrogen-bond donors (Lipinski definition) is 1. The minimum absolute atomic E-state index is 0.0968. The number of nitrogens with one attached hydrogen (secondary N) is 1. The van der Waals surface area contributed by atoms with Gasteiger partial charge in [0.2, 0.25) is 0 Å². The highest BCUT2D eigenvalue weighted by molar-refractivity contribution is 5.03. The molecule has 88 valence electrons. The van der Waals surface area contributed by atoms with Crippen LogP contribution in [0.1, 0.15) is 54.9 Å². The molecule has 15 heavy (non-hydrogen) atoms. The molecule has 0 heterocycles. The van der Waals surface area contributed by atoms with Crippen LogP contribution >= 0.6 is 0 Å². The Hall–Kier alpha value is -0.480. The van der Waals surface area contributed by atoms with Crippen molar-refractivity contribution in [2.24, 2.45) is 11.3 Å². The first kappa shape index (κ1) is 14.5. The van der Waals surface area contributed by atoms with Gasteiger partial charge in [0.05, 0.1) is 6.04 Å². The van der Waals surface area contributed by atoms with Crippen LogP contribution in [0.4, 0.5) is 0 Å². The van der Waals surface area contributed by atoms with E-state index in [1.54, 1.807) is 0 Å². The van der Waals surface area contributed by atoms with E-state index in [2.05, 4.69) is 59.7 Å². The molecule has 0 aromatic heterocycles. The van der Waals surface area contributed by atoms with Gasteiger partial charge >= 0.3 is 0 Å². The number of rotatable bonds is 4. The fourth-order valence-corrected chi connectivity index (χ4v) is 2.20. The molecule has 0 spiro atoms.